The number of nitrogens with one attached hydrogen (secondary N) is 1. The van der Waals surface area contributed by atoms with Crippen LogP contribution in [0.15, 0.2) is 238 Å². The Balaban J connectivity index is 0.977. The summed E-state index contributed by atoms with van der Waals surface area (Å²) in [5, 5.41) is 7.02. The van der Waals surface area contributed by atoms with Crippen LogP contribution in [-0.4, -0.2) is 16.7 Å². The first-order chi connectivity index (χ1) is 31.7. The van der Waals surface area contributed by atoms with E-state index in [-0.39, 0.29) is 0 Å². The average molecular weight is 835 g/mol. The van der Waals surface area contributed by atoms with Gasteiger partial charge in [-0.15, -0.1) is 0 Å². The number of rotatable bonds is 5. The summed E-state index contributed by atoms with van der Waals surface area (Å²) >= 11 is 1.88. The highest BCUT2D eigenvalue weighted by atomic mass is 32.2. The van der Waals surface area contributed by atoms with E-state index < -0.39 is 11.6 Å². The van der Waals surface area contributed by atoms with Crippen molar-refractivity contribution in [2.75, 3.05) is 0 Å². The van der Waals surface area contributed by atoms with Crippen LogP contribution in [0.1, 0.15) is 45.1 Å². The Morgan fingerprint density at radius 3 is 1.67 bits per heavy atom. The van der Waals surface area contributed by atoms with Crippen molar-refractivity contribution in [2.24, 2.45) is 9.98 Å². The van der Waals surface area contributed by atoms with Gasteiger partial charge in [-0.25, -0.2) is 15.0 Å². The van der Waals surface area contributed by atoms with Gasteiger partial charge < -0.3 is 5.32 Å². The van der Waals surface area contributed by atoms with E-state index in [0.717, 1.165) is 67.0 Å². The van der Waals surface area contributed by atoms with Gasteiger partial charge in [-0.1, -0.05) is 188 Å². The molecule has 9 aromatic carbocycles. The Hall–Kier alpha value is -7.86. The predicted octanol–water partition coefficient (Wildman–Crippen LogP) is 14.0. The lowest BCUT2D eigenvalue weighted by molar-refractivity contribution is 0.723. The van der Waals surface area contributed by atoms with Crippen LogP contribution in [0.2, 0.25) is 0 Å². The van der Waals surface area contributed by atoms with Crippen molar-refractivity contribution in [3.63, 3.8) is 0 Å². The minimum atomic E-state index is -0.458. The summed E-state index contributed by atoms with van der Waals surface area (Å²) in [6, 6.07) is 78.7. The van der Waals surface area contributed by atoms with Crippen LogP contribution in [0.4, 0.5) is 0 Å². The molecule has 300 valence electrons. The summed E-state index contributed by atoms with van der Waals surface area (Å²) in [5.41, 5.74) is 15.7. The van der Waals surface area contributed by atoms with Gasteiger partial charge in [0.1, 0.15) is 11.7 Å². The SMILES string of the molecule is c1ccc(C2=NC(c3cccc(-c4cccc(-c5nc6ccccc6c6cc7c(cc56)-c5ccccc5C75c6ccccc6Sc6ccccc65)c4)c3)N=C(c3ccccc3)N2)cc1. The molecule has 0 saturated carbocycles. The smallest absolute Gasteiger partial charge is 0.169 e. The van der Waals surface area contributed by atoms with Crippen LogP contribution in [0.25, 0.3) is 55.2 Å². The zero-order valence-electron chi connectivity index (χ0n) is 34.6. The monoisotopic (exact) mass is 834 g/mol. The molecule has 4 nitrogen and oxygen atoms in total. The van der Waals surface area contributed by atoms with Crippen molar-refractivity contribution >= 4 is 45.1 Å². The molecule has 10 aromatic rings. The highest BCUT2D eigenvalue weighted by Gasteiger charge is 2.50. The highest BCUT2D eigenvalue weighted by Crippen LogP contribution is 2.63. The Bertz CT molecular complexity index is 3470. The van der Waals surface area contributed by atoms with Crippen molar-refractivity contribution in [1.29, 1.82) is 0 Å². The second-order valence-corrected chi connectivity index (χ2v) is 17.8. The van der Waals surface area contributed by atoms with E-state index in [9.17, 15) is 0 Å². The summed E-state index contributed by atoms with van der Waals surface area (Å²) in [5.74, 6) is 1.61. The molecule has 2 aliphatic heterocycles. The minimum absolute atomic E-state index is 0.421. The predicted molar refractivity (Wildman–Crippen MR) is 263 cm³/mol. The van der Waals surface area contributed by atoms with Crippen molar-refractivity contribution in [3.05, 3.63) is 257 Å². The topological polar surface area (TPSA) is 49.6 Å². The molecular weight excluding hydrogens is 797 g/mol. The maximum atomic E-state index is 5.49. The molecule has 1 spiro atoms. The Morgan fingerprint density at radius 2 is 0.953 bits per heavy atom. The number of hydrogen-bond donors (Lipinski definition) is 1. The zero-order valence-corrected chi connectivity index (χ0v) is 35.4. The second kappa shape index (κ2) is 14.6. The number of para-hydroxylation sites is 1. The zero-order chi connectivity index (χ0) is 42.2. The number of fused-ring (bicyclic) bond motifs is 12. The third kappa shape index (κ3) is 5.67. The average Bonchev–Trinajstić information content (AvgIpc) is 3.65. The molecule has 0 fully saturated rings. The standard InChI is InChI=1S/C59H38N4S/c1-3-17-37(18-4-1)56-61-57(38-19-5-2-6-20-38)63-58(62-56)42-24-16-22-40(34-42)39-21-15-23-41(33-39)55-47-35-46-43-25-7-9-27-48(43)59(51(46)36-45(47)44-26-8-12-30-52(44)60-55)49-28-10-13-31-53(49)64-54-32-14-11-29-50(54)59/h1-36,58H,(H,61,62,63). The molecule has 1 aliphatic carbocycles. The first kappa shape index (κ1) is 36.8. The molecule has 1 N–H and O–H groups in total. The lowest BCUT2D eigenvalue weighted by atomic mass is 9.67. The molecule has 3 aliphatic rings. The lowest BCUT2D eigenvalue weighted by Crippen LogP contribution is -2.35. The van der Waals surface area contributed by atoms with Crippen LogP contribution < -0.4 is 5.32 Å². The van der Waals surface area contributed by atoms with Crippen LogP contribution >= 0.6 is 11.8 Å². The van der Waals surface area contributed by atoms with Crippen LogP contribution in [-0.2, 0) is 5.41 Å². The van der Waals surface area contributed by atoms with Crippen LogP contribution in [0.3, 0.4) is 0 Å². The maximum absolute atomic E-state index is 5.49. The molecule has 3 heterocycles. The van der Waals surface area contributed by atoms with Gasteiger partial charge in [0.25, 0.3) is 0 Å². The normalized spacial score (nSPS) is 14.6. The van der Waals surface area contributed by atoms with Gasteiger partial charge in [-0.05, 0) is 97.9 Å². The largest absolute Gasteiger partial charge is 0.324 e. The Kier molecular flexibility index (Phi) is 8.40. The molecule has 0 amide bonds. The van der Waals surface area contributed by atoms with Gasteiger partial charge in [0.2, 0.25) is 0 Å². The maximum Gasteiger partial charge on any atom is 0.169 e. The van der Waals surface area contributed by atoms with Gasteiger partial charge in [-0.3, -0.25) is 0 Å². The van der Waals surface area contributed by atoms with Gasteiger partial charge in [0, 0.05) is 37.3 Å². The first-order valence-electron chi connectivity index (χ1n) is 21.8. The third-order valence-corrected chi connectivity index (χ3v) is 14.3. The number of benzene rings is 9. The fraction of sp³-hybridized carbons (Fsp3) is 0.0339. The molecular formula is C59H38N4S. The first-order valence-corrected chi connectivity index (χ1v) is 22.6. The van der Waals surface area contributed by atoms with E-state index >= 15 is 0 Å². The molecule has 0 bridgehead atoms. The Morgan fingerprint density at radius 1 is 0.391 bits per heavy atom. The fourth-order valence-corrected chi connectivity index (χ4v) is 11.5. The number of aliphatic imine (C=N–C) groups is 2. The third-order valence-electron chi connectivity index (χ3n) is 13.2. The number of aromatic nitrogens is 1. The van der Waals surface area contributed by atoms with Crippen molar-refractivity contribution in [3.8, 4) is 33.5 Å². The van der Waals surface area contributed by atoms with Gasteiger partial charge in [0.05, 0.1) is 16.6 Å². The van der Waals surface area contributed by atoms with Crippen LogP contribution in [0.5, 0.6) is 0 Å². The fourth-order valence-electron chi connectivity index (χ4n) is 10.3. The molecule has 0 saturated heterocycles. The van der Waals surface area contributed by atoms with Crippen molar-refractivity contribution < 1.29 is 0 Å². The van der Waals surface area contributed by atoms with Gasteiger partial charge >= 0.3 is 0 Å². The van der Waals surface area contributed by atoms with E-state index in [1.807, 2.05) is 48.2 Å². The number of nitrogens with zero attached hydrogens (tertiary/aromatic N) is 3. The summed E-state index contributed by atoms with van der Waals surface area (Å²) < 4.78 is 0. The van der Waals surface area contributed by atoms with Gasteiger partial charge in [0.15, 0.2) is 6.17 Å². The van der Waals surface area contributed by atoms with Crippen molar-refractivity contribution in [1.82, 2.24) is 10.3 Å². The van der Waals surface area contributed by atoms with E-state index in [0.29, 0.717) is 0 Å². The van der Waals surface area contributed by atoms with E-state index in [4.69, 9.17) is 15.0 Å². The molecule has 13 rings (SSSR count). The molecule has 0 radical (unpaired) electrons. The lowest BCUT2D eigenvalue weighted by Gasteiger charge is -2.39. The van der Waals surface area contributed by atoms with Crippen molar-refractivity contribution in [2.45, 2.75) is 21.4 Å². The molecule has 5 heteroatoms. The summed E-state index contributed by atoms with van der Waals surface area (Å²) in [4.78, 5) is 18.4. The summed E-state index contributed by atoms with van der Waals surface area (Å²) in [6.45, 7) is 0. The summed E-state index contributed by atoms with van der Waals surface area (Å²) in [6.07, 6.45) is -0.421. The number of pyridine rings is 1. The summed E-state index contributed by atoms with van der Waals surface area (Å²) in [7, 11) is 0. The molecule has 0 atom stereocenters. The molecule has 1 aromatic heterocycles. The quantitative estimate of drug-likeness (QED) is 0.176. The Labute approximate surface area is 375 Å². The number of amidine groups is 2. The van der Waals surface area contributed by atoms with E-state index in [1.54, 1.807) is 0 Å². The van der Waals surface area contributed by atoms with E-state index in [1.165, 1.54) is 48.6 Å². The van der Waals surface area contributed by atoms with E-state index in [2.05, 4.69) is 187 Å². The second-order valence-electron chi connectivity index (χ2n) is 16.7. The number of hydrogen-bond acceptors (Lipinski definition) is 5. The minimum Gasteiger partial charge on any atom is -0.324 e. The highest BCUT2D eigenvalue weighted by molar-refractivity contribution is 7.99. The van der Waals surface area contributed by atoms with Gasteiger partial charge in [-0.2, -0.15) is 0 Å². The van der Waals surface area contributed by atoms with Crippen LogP contribution in [0, 0.1) is 0 Å². The molecule has 64 heavy (non-hydrogen) atoms. The molecule has 0 unspecified atom stereocenters.